The number of fused-ring (bicyclic) bond motifs is 1. The summed E-state index contributed by atoms with van der Waals surface area (Å²) >= 11 is 0. The van der Waals surface area contributed by atoms with Gasteiger partial charge in [0.1, 0.15) is 17.6 Å². The van der Waals surface area contributed by atoms with E-state index >= 15 is 0 Å². The maximum atomic E-state index is 13.2. The van der Waals surface area contributed by atoms with Crippen LogP contribution in [-0.4, -0.2) is 34.1 Å². The topological polar surface area (TPSA) is 128 Å². The van der Waals surface area contributed by atoms with E-state index in [1.807, 2.05) is 24.3 Å². The van der Waals surface area contributed by atoms with E-state index in [9.17, 15) is 19.7 Å². The number of carbonyl (C=O) groups excluding carboxylic acids is 2. The first-order chi connectivity index (χ1) is 17.5. The van der Waals surface area contributed by atoms with Gasteiger partial charge in [0.25, 0.3) is 11.6 Å². The van der Waals surface area contributed by atoms with Gasteiger partial charge in [-0.2, -0.15) is 5.10 Å². The molecule has 0 radical (unpaired) electrons. The van der Waals surface area contributed by atoms with Crippen molar-refractivity contribution in [3.63, 3.8) is 0 Å². The molecule has 1 fully saturated rings. The molecule has 5 rings (SSSR count). The molecule has 0 bridgehead atoms. The molecule has 3 heterocycles. The highest BCUT2D eigenvalue weighted by molar-refractivity contribution is 6.08. The van der Waals surface area contributed by atoms with E-state index in [1.54, 1.807) is 18.6 Å². The monoisotopic (exact) mass is 489 g/mol. The van der Waals surface area contributed by atoms with Crippen molar-refractivity contribution < 1.29 is 28.1 Å². The number of hydrogen-bond acceptors (Lipinski definition) is 8. The Balaban J connectivity index is 1.31. The van der Waals surface area contributed by atoms with E-state index in [4.69, 9.17) is 13.6 Å². The molecular formula is C26H23N3O7. The van der Waals surface area contributed by atoms with E-state index in [2.05, 4.69) is 5.10 Å². The zero-order valence-electron chi connectivity index (χ0n) is 19.2. The van der Waals surface area contributed by atoms with Crippen LogP contribution < -0.4 is 0 Å². The lowest BCUT2D eigenvalue weighted by atomic mass is 9.79. The Morgan fingerprint density at radius 2 is 1.92 bits per heavy atom. The highest BCUT2D eigenvalue weighted by Crippen LogP contribution is 2.44. The maximum absolute atomic E-state index is 13.2. The molecule has 1 amide bonds. The lowest BCUT2D eigenvalue weighted by Crippen LogP contribution is -2.34. The minimum Gasteiger partial charge on any atom is -0.467 e. The van der Waals surface area contributed by atoms with Crippen LogP contribution in [0.5, 0.6) is 0 Å². The first-order valence-electron chi connectivity index (χ1n) is 11.6. The van der Waals surface area contributed by atoms with Crippen LogP contribution in [0.4, 0.5) is 5.69 Å². The predicted molar refractivity (Wildman–Crippen MR) is 128 cm³/mol. The number of amides is 1. The molecule has 2 unspecified atom stereocenters. The second-order valence-electron chi connectivity index (χ2n) is 8.63. The Bertz CT molecular complexity index is 1310. The smallest absolute Gasteiger partial charge is 0.310 e. The van der Waals surface area contributed by atoms with Crippen LogP contribution in [0, 0.1) is 16.0 Å². The molecule has 3 aromatic rings. The van der Waals surface area contributed by atoms with Gasteiger partial charge in [-0.1, -0.05) is 12.1 Å². The van der Waals surface area contributed by atoms with Gasteiger partial charge in [-0.05, 0) is 60.7 Å². The summed E-state index contributed by atoms with van der Waals surface area (Å²) in [5.41, 5.74) is 2.29. The number of nitro groups is 1. The predicted octanol–water partition coefficient (Wildman–Crippen LogP) is 4.69. The molecule has 0 saturated heterocycles. The van der Waals surface area contributed by atoms with E-state index < -0.39 is 29.4 Å². The molecule has 1 saturated carbocycles. The minimum atomic E-state index is -0.616. The van der Waals surface area contributed by atoms with Crippen LogP contribution in [0.1, 0.15) is 42.4 Å². The number of benzene rings is 1. The van der Waals surface area contributed by atoms with Crippen molar-refractivity contribution >= 4 is 29.4 Å². The van der Waals surface area contributed by atoms with Crippen molar-refractivity contribution in [2.45, 2.75) is 31.7 Å². The van der Waals surface area contributed by atoms with E-state index in [-0.39, 0.29) is 18.0 Å². The van der Waals surface area contributed by atoms with Crippen molar-refractivity contribution in [1.82, 2.24) is 5.01 Å². The van der Waals surface area contributed by atoms with Crippen molar-refractivity contribution in [2.24, 2.45) is 11.0 Å². The highest BCUT2D eigenvalue weighted by Gasteiger charge is 2.45. The van der Waals surface area contributed by atoms with Crippen LogP contribution in [-0.2, 0) is 20.7 Å². The summed E-state index contributed by atoms with van der Waals surface area (Å²) in [6.45, 7) is -0.482. The van der Waals surface area contributed by atoms with Crippen molar-refractivity contribution in [1.29, 1.82) is 0 Å². The molecule has 10 nitrogen and oxygen atoms in total. The number of ether oxygens (including phenoxy) is 1. The van der Waals surface area contributed by atoms with Crippen LogP contribution in [0.15, 0.2) is 80.6 Å². The lowest BCUT2D eigenvalue weighted by molar-refractivity contribution is -0.384. The number of nitrogens with zero attached hydrogens (tertiary/aromatic N) is 3. The Morgan fingerprint density at radius 1 is 1.14 bits per heavy atom. The molecule has 2 aromatic heterocycles. The summed E-state index contributed by atoms with van der Waals surface area (Å²) in [5.74, 6) is 0.199. The van der Waals surface area contributed by atoms with Crippen LogP contribution >= 0.6 is 0 Å². The van der Waals surface area contributed by atoms with Crippen LogP contribution in [0.3, 0.4) is 0 Å². The van der Waals surface area contributed by atoms with Gasteiger partial charge in [0.15, 0.2) is 6.61 Å². The van der Waals surface area contributed by atoms with Gasteiger partial charge in [-0.15, -0.1) is 0 Å². The third-order valence-corrected chi connectivity index (χ3v) is 6.30. The molecule has 2 aliphatic rings. The standard InChI is InChI=1S/C26H23N3O7/c30-23(16-36-24(31)14-17-8-10-19(11-9-17)29(32)33)28-26(22-7-3-13-35-22)21-6-1-4-18(25(21)27-28)15-20-5-2-12-34-20/h2-3,5,7-13,15,21,26H,1,4,6,14,16H2. The highest BCUT2D eigenvalue weighted by atomic mass is 16.6. The summed E-state index contributed by atoms with van der Waals surface area (Å²) < 4.78 is 16.4. The molecule has 184 valence electrons. The summed E-state index contributed by atoms with van der Waals surface area (Å²) in [6, 6.07) is 12.4. The Labute approximate surface area is 206 Å². The Kier molecular flexibility index (Phi) is 6.48. The fourth-order valence-electron chi connectivity index (χ4n) is 4.65. The number of non-ortho nitro benzene ring substituents is 1. The number of rotatable bonds is 7. The number of esters is 1. The summed E-state index contributed by atoms with van der Waals surface area (Å²) in [4.78, 5) is 35.8. The number of nitro benzene ring substituents is 1. The first kappa shape index (κ1) is 23.3. The second-order valence-corrected chi connectivity index (χ2v) is 8.63. The molecular weight excluding hydrogens is 466 g/mol. The zero-order chi connectivity index (χ0) is 25.1. The van der Waals surface area contributed by atoms with Crippen molar-refractivity contribution in [3.05, 3.63) is 93.8 Å². The number of hydrogen-bond donors (Lipinski definition) is 0. The van der Waals surface area contributed by atoms with Crippen LogP contribution in [0.25, 0.3) is 6.08 Å². The zero-order valence-corrected chi connectivity index (χ0v) is 19.2. The molecule has 1 aliphatic carbocycles. The average Bonchev–Trinajstić information content (AvgIpc) is 3.64. The van der Waals surface area contributed by atoms with Gasteiger partial charge < -0.3 is 13.6 Å². The van der Waals surface area contributed by atoms with E-state index in [1.165, 1.54) is 29.3 Å². The van der Waals surface area contributed by atoms with Gasteiger partial charge in [-0.25, -0.2) is 5.01 Å². The third-order valence-electron chi connectivity index (χ3n) is 6.30. The molecule has 1 aromatic carbocycles. The average molecular weight is 489 g/mol. The summed E-state index contributed by atoms with van der Waals surface area (Å²) in [6.07, 6.45) is 7.58. The number of carbonyl (C=O) groups is 2. The van der Waals surface area contributed by atoms with Gasteiger partial charge >= 0.3 is 5.97 Å². The molecule has 0 N–H and O–H groups in total. The Morgan fingerprint density at radius 3 is 2.61 bits per heavy atom. The summed E-state index contributed by atoms with van der Waals surface area (Å²) in [5, 5.41) is 16.8. The second kappa shape index (κ2) is 10.0. The Hall–Kier alpha value is -4.47. The number of allylic oxidation sites excluding steroid dienone is 1. The fraction of sp³-hybridized carbons (Fsp3) is 0.269. The fourth-order valence-corrected chi connectivity index (χ4v) is 4.65. The largest absolute Gasteiger partial charge is 0.467 e. The minimum absolute atomic E-state index is 0.0501. The molecule has 10 heteroatoms. The van der Waals surface area contributed by atoms with Gasteiger partial charge in [0, 0.05) is 18.1 Å². The van der Waals surface area contributed by atoms with Crippen LogP contribution in [0.2, 0.25) is 0 Å². The lowest BCUT2D eigenvalue weighted by Gasteiger charge is -2.27. The van der Waals surface area contributed by atoms with Crippen molar-refractivity contribution in [2.75, 3.05) is 6.61 Å². The van der Waals surface area contributed by atoms with Gasteiger partial charge in [-0.3, -0.25) is 19.7 Å². The van der Waals surface area contributed by atoms with Gasteiger partial charge in [0.2, 0.25) is 0 Å². The van der Waals surface area contributed by atoms with Crippen molar-refractivity contribution in [3.8, 4) is 0 Å². The number of furan rings is 2. The normalized spacial score (nSPS) is 20.2. The maximum Gasteiger partial charge on any atom is 0.310 e. The quantitative estimate of drug-likeness (QED) is 0.267. The molecule has 36 heavy (non-hydrogen) atoms. The number of hydrazone groups is 1. The first-order valence-corrected chi connectivity index (χ1v) is 11.6. The summed E-state index contributed by atoms with van der Waals surface area (Å²) in [7, 11) is 0. The van der Waals surface area contributed by atoms with Gasteiger partial charge in [0.05, 0.1) is 29.6 Å². The molecule has 0 spiro atoms. The molecule has 1 aliphatic heterocycles. The van der Waals surface area contributed by atoms with E-state index in [0.717, 1.165) is 30.5 Å². The third kappa shape index (κ3) is 4.83. The van der Waals surface area contributed by atoms with E-state index in [0.29, 0.717) is 17.1 Å². The SMILES string of the molecule is O=C(Cc1ccc([N+](=O)[O-])cc1)OCC(=O)N1N=C2C(=Cc3ccco3)CCCC2C1c1ccco1. The molecule has 2 atom stereocenters.